The van der Waals surface area contributed by atoms with E-state index >= 15 is 0 Å². The molecule has 25 heavy (non-hydrogen) atoms. The number of hydrogen-bond acceptors (Lipinski definition) is 6. The van der Waals surface area contributed by atoms with Gasteiger partial charge in [0.1, 0.15) is 5.82 Å². The molecule has 0 spiro atoms. The van der Waals surface area contributed by atoms with E-state index < -0.39 is 0 Å². The zero-order valence-electron chi connectivity index (χ0n) is 14.8. The van der Waals surface area contributed by atoms with Crippen LogP contribution in [-0.2, 0) is 0 Å². The summed E-state index contributed by atoms with van der Waals surface area (Å²) in [6.45, 7) is 7.98. The molecule has 7 heteroatoms. The molecule has 2 aliphatic rings. The van der Waals surface area contributed by atoms with E-state index in [2.05, 4.69) is 29.1 Å². The molecule has 0 aromatic carbocycles. The molecule has 0 unspecified atom stereocenters. The SMILES string of the molecule is Cc1scc2nc(C(=O)N3CCC(C)CC3)nc(N3CCSCC3)c12. The highest BCUT2D eigenvalue weighted by Gasteiger charge is 2.26. The van der Waals surface area contributed by atoms with Crippen LogP contribution in [0, 0.1) is 12.8 Å². The van der Waals surface area contributed by atoms with Crippen molar-refractivity contribution in [2.45, 2.75) is 26.7 Å². The standard InChI is InChI=1S/C18H24N4OS2/c1-12-3-5-22(6-4-12)18(23)16-19-14-11-25-13(2)15(14)17(20-16)21-7-9-24-10-8-21/h11-12H,3-10H2,1-2H3. The first-order valence-corrected chi connectivity index (χ1v) is 11.0. The van der Waals surface area contributed by atoms with E-state index in [1.165, 1.54) is 4.88 Å². The average molecular weight is 377 g/mol. The molecular formula is C18H24N4OS2. The minimum atomic E-state index is -0.00899. The van der Waals surface area contributed by atoms with Crippen molar-refractivity contribution in [3.63, 3.8) is 0 Å². The zero-order chi connectivity index (χ0) is 17.4. The molecule has 2 aromatic heterocycles. The fourth-order valence-electron chi connectivity index (χ4n) is 3.54. The summed E-state index contributed by atoms with van der Waals surface area (Å²) in [5.74, 6) is 4.24. The summed E-state index contributed by atoms with van der Waals surface area (Å²) in [5, 5.41) is 3.18. The van der Waals surface area contributed by atoms with Crippen molar-refractivity contribution in [3.8, 4) is 0 Å². The number of carbonyl (C=O) groups is 1. The maximum atomic E-state index is 13.0. The lowest BCUT2D eigenvalue weighted by atomic mass is 9.99. The number of thiophene rings is 1. The molecule has 1 amide bonds. The topological polar surface area (TPSA) is 49.3 Å². The van der Waals surface area contributed by atoms with E-state index in [-0.39, 0.29) is 5.91 Å². The lowest BCUT2D eigenvalue weighted by molar-refractivity contribution is 0.0685. The van der Waals surface area contributed by atoms with E-state index in [0.717, 1.165) is 67.2 Å². The lowest BCUT2D eigenvalue weighted by Gasteiger charge is -2.31. The van der Waals surface area contributed by atoms with Crippen molar-refractivity contribution >= 4 is 45.7 Å². The molecular weight excluding hydrogens is 352 g/mol. The first-order chi connectivity index (χ1) is 12.1. The van der Waals surface area contributed by atoms with Gasteiger partial charge in [-0.25, -0.2) is 9.97 Å². The smallest absolute Gasteiger partial charge is 0.291 e. The van der Waals surface area contributed by atoms with Crippen LogP contribution in [0.5, 0.6) is 0 Å². The fourth-order valence-corrected chi connectivity index (χ4v) is 5.22. The minimum Gasteiger partial charge on any atom is -0.354 e. The molecule has 0 saturated carbocycles. The highest BCUT2D eigenvalue weighted by atomic mass is 32.2. The second-order valence-electron chi connectivity index (χ2n) is 7.00. The second-order valence-corrected chi connectivity index (χ2v) is 9.31. The molecule has 0 bridgehead atoms. The van der Waals surface area contributed by atoms with Gasteiger partial charge in [0.05, 0.1) is 10.9 Å². The molecule has 0 atom stereocenters. The number of anilines is 1. The maximum absolute atomic E-state index is 13.0. The maximum Gasteiger partial charge on any atom is 0.291 e. The van der Waals surface area contributed by atoms with Gasteiger partial charge in [-0.2, -0.15) is 11.8 Å². The van der Waals surface area contributed by atoms with Crippen molar-refractivity contribution in [1.82, 2.24) is 14.9 Å². The third-order valence-electron chi connectivity index (χ3n) is 5.19. The third kappa shape index (κ3) is 3.36. The number of aryl methyl sites for hydroxylation is 1. The van der Waals surface area contributed by atoms with E-state index in [1.54, 1.807) is 11.3 Å². The van der Waals surface area contributed by atoms with Gasteiger partial charge in [-0.1, -0.05) is 6.92 Å². The van der Waals surface area contributed by atoms with Gasteiger partial charge in [0.15, 0.2) is 0 Å². The number of likely N-dealkylation sites (tertiary alicyclic amines) is 1. The summed E-state index contributed by atoms with van der Waals surface area (Å²) >= 11 is 3.67. The Bertz CT molecular complexity index is 777. The Morgan fingerprint density at radius 2 is 1.88 bits per heavy atom. The number of aromatic nitrogens is 2. The van der Waals surface area contributed by atoms with Gasteiger partial charge in [0, 0.05) is 47.9 Å². The van der Waals surface area contributed by atoms with Gasteiger partial charge in [-0.05, 0) is 25.7 Å². The van der Waals surface area contributed by atoms with Crippen LogP contribution in [0.15, 0.2) is 5.38 Å². The molecule has 2 aliphatic heterocycles. The van der Waals surface area contributed by atoms with Crippen LogP contribution in [0.2, 0.25) is 0 Å². The normalized spacial score (nSPS) is 19.6. The van der Waals surface area contributed by atoms with Crippen LogP contribution in [0.3, 0.4) is 0 Å². The Labute approximate surface area is 156 Å². The number of hydrogen-bond donors (Lipinski definition) is 0. The van der Waals surface area contributed by atoms with Crippen molar-refractivity contribution in [1.29, 1.82) is 0 Å². The summed E-state index contributed by atoms with van der Waals surface area (Å²) in [6, 6.07) is 0. The summed E-state index contributed by atoms with van der Waals surface area (Å²) in [7, 11) is 0. The second kappa shape index (κ2) is 7.11. The van der Waals surface area contributed by atoms with Gasteiger partial charge in [-0.3, -0.25) is 4.79 Å². The van der Waals surface area contributed by atoms with E-state index in [9.17, 15) is 4.79 Å². The fraction of sp³-hybridized carbons (Fsp3) is 0.611. The number of carbonyl (C=O) groups excluding carboxylic acids is 1. The van der Waals surface area contributed by atoms with E-state index in [4.69, 9.17) is 4.98 Å². The Morgan fingerprint density at radius 1 is 1.16 bits per heavy atom. The molecule has 0 N–H and O–H groups in total. The molecule has 2 saturated heterocycles. The molecule has 2 fully saturated rings. The molecule has 0 radical (unpaired) electrons. The largest absolute Gasteiger partial charge is 0.354 e. The summed E-state index contributed by atoms with van der Waals surface area (Å²) in [5.41, 5.74) is 0.916. The van der Waals surface area contributed by atoms with Gasteiger partial charge >= 0.3 is 0 Å². The summed E-state index contributed by atoms with van der Waals surface area (Å²) in [6.07, 6.45) is 2.14. The Hall–Kier alpha value is -1.34. The third-order valence-corrected chi connectivity index (χ3v) is 7.03. The highest BCUT2D eigenvalue weighted by Crippen LogP contribution is 2.33. The van der Waals surface area contributed by atoms with Gasteiger partial charge < -0.3 is 9.80 Å². The van der Waals surface area contributed by atoms with Gasteiger partial charge in [0.25, 0.3) is 5.91 Å². The molecule has 4 heterocycles. The first-order valence-electron chi connectivity index (χ1n) is 9.01. The summed E-state index contributed by atoms with van der Waals surface area (Å²) in [4.78, 5) is 27.9. The first kappa shape index (κ1) is 17.1. The van der Waals surface area contributed by atoms with Crippen molar-refractivity contribution < 1.29 is 4.79 Å². The van der Waals surface area contributed by atoms with Crippen LogP contribution in [-0.4, -0.2) is 58.5 Å². The number of amides is 1. The van der Waals surface area contributed by atoms with Crippen LogP contribution in [0.25, 0.3) is 10.9 Å². The molecule has 5 nitrogen and oxygen atoms in total. The Balaban J connectivity index is 1.71. The minimum absolute atomic E-state index is 0.00899. The number of rotatable bonds is 2. The van der Waals surface area contributed by atoms with Crippen molar-refractivity contribution in [2.75, 3.05) is 42.6 Å². The zero-order valence-corrected chi connectivity index (χ0v) is 16.5. The summed E-state index contributed by atoms with van der Waals surface area (Å²) < 4.78 is 0. The van der Waals surface area contributed by atoms with E-state index in [0.29, 0.717) is 11.7 Å². The van der Waals surface area contributed by atoms with Gasteiger partial charge in [0.2, 0.25) is 5.82 Å². The lowest BCUT2D eigenvalue weighted by Crippen LogP contribution is -2.39. The van der Waals surface area contributed by atoms with Crippen LogP contribution < -0.4 is 4.90 Å². The van der Waals surface area contributed by atoms with Crippen molar-refractivity contribution in [3.05, 3.63) is 16.1 Å². The molecule has 2 aromatic rings. The van der Waals surface area contributed by atoms with Crippen LogP contribution >= 0.6 is 23.1 Å². The predicted molar refractivity (Wildman–Crippen MR) is 106 cm³/mol. The van der Waals surface area contributed by atoms with E-state index in [1.807, 2.05) is 16.7 Å². The molecule has 0 aliphatic carbocycles. The monoisotopic (exact) mass is 376 g/mol. The predicted octanol–water partition coefficient (Wildman–Crippen LogP) is 3.43. The van der Waals surface area contributed by atoms with Crippen molar-refractivity contribution in [2.24, 2.45) is 5.92 Å². The molecule has 4 rings (SSSR count). The molecule has 134 valence electrons. The average Bonchev–Trinajstić information content (AvgIpc) is 3.03. The number of thioether (sulfide) groups is 1. The number of fused-ring (bicyclic) bond motifs is 1. The highest BCUT2D eigenvalue weighted by molar-refractivity contribution is 7.99. The van der Waals surface area contributed by atoms with Gasteiger partial charge in [-0.15, -0.1) is 11.3 Å². The van der Waals surface area contributed by atoms with Crippen LogP contribution in [0.1, 0.15) is 35.3 Å². The number of nitrogens with zero attached hydrogens (tertiary/aromatic N) is 4. The van der Waals surface area contributed by atoms with Crippen LogP contribution in [0.4, 0.5) is 5.82 Å². The quantitative estimate of drug-likeness (QED) is 0.804. The Kier molecular flexibility index (Phi) is 4.86. The number of piperidine rings is 1. The Morgan fingerprint density at radius 3 is 2.60 bits per heavy atom.